The summed E-state index contributed by atoms with van der Waals surface area (Å²) in [5.41, 5.74) is 3.76. The number of allylic oxidation sites excluding steroid dienone is 2. The minimum atomic E-state index is -0.905. The molecule has 4 rings (SSSR count). The Labute approximate surface area is 193 Å². The molecule has 3 aliphatic carbocycles. The number of carboxylic acid groups (broad SMARTS) is 1. The lowest BCUT2D eigenvalue weighted by Crippen LogP contribution is -2.38. The third-order valence-corrected chi connectivity index (χ3v) is 8.84. The predicted octanol–water partition coefficient (Wildman–Crippen LogP) is 5.07. The van der Waals surface area contributed by atoms with E-state index in [1.807, 2.05) is 13.8 Å². The summed E-state index contributed by atoms with van der Waals surface area (Å²) in [7, 11) is 0. The lowest BCUT2D eigenvalue weighted by atomic mass is 9.78. The normalized spacial score (nSPS) is 28.4. The van der Waals surface area contributed by atoms with E-state index < -0.39 is 23.8 Å². The minimum absolute atomic E-state index is 0.0313. The Kier molecular flexibility index (Phi) is 6.48. The highest BCUT2D eigenvalue weighted by Gasteiger charge is 2.57. The van der Waals surface area contributed by atoms with Crippen molar-refractivity contribution in [1.82, 2.24) is 0 Å². The monoisotopic (exact) mass is 459 g/mol. The van der Waals surface area contributed by atoms with Crippen LogP contribution in [0.15, 0.2) is 11.1 Å². The number of esters is 1. The number of carboxylic acids is 1. The second-order valence-electron chi connectivity index (χ2n) is 9.57. The van der Waals surface area contributed by atoms with E-state index in [9.17, 15) is 19.5 Å². The Hall–Kier alpha value is -2.15. The SMILES string of the molecule is CCOC(=O)c1c(NC(=O)[C@@H]2[C@@H](C(=O)O)[C@@H]3CC[C@@H]2C3=C(C)C)sc2c1CC[C@H](CC)C2. The first-order chi connectivity index (χ1) is 15.3. The quantitative estimate of drug-likeness (QED) is 0.458. The summed E-state index contributed by atoms with van der Waals surface area (Å²) < 4.78 is 5.33. The Bertz CT molecular complexity index is 973. The van der Waals surface area contributed by atoms with Crippen molar-refractivity contribution in [2.45, 2.75) is 66.2 Å². The van der Waals surface area contributed by atoms with E-state index in [-0.39, 0.29) is 24.3 Å². The van der Waals surface area contributed by atoms with Gasteiger partial charge in [0.1, 0.15) is 5.00 Å². The molecule has 1 amide bonds. The Balaban J connectivity index is 1.67. The predicted molar refractivity (Wildman–Crippen MR) is 124 cm³/mol. The first kappa shape index (κ1) is 23.0. The molecule has 6 nitrogen and oxygen atoms in total. The summed E-state index contributed by atoms with van der Waals surface area (Å²) in [4.78, 5) is 39.6. The fraction of sp³-hybridized carbons (Fsp3) is 0.640. The van der Waals surface area contributed by atoms with Gasteiger partial charge in [-0.3, -0.25) is 9.59 Å². The van der Waals surface area contributed by atoms with Crippen molar-refractivity contribution >= 4 is 34.2 Å². The van der Waals surface area contributed by atoms with E-state index in [2.05, 4.69) is 12.2 Å². The zero-order chi connectivity index (χ0) is 23.2. The van der Waals surface area contributed by atoms with Crippen LogP contribution >= 0.6 is 11.3 Å². The second kappa shape index (κ2) is 9.00. The first-order valence-electron chi connectivity index (χ1n) is 11.8. The zero-order valence-electron chi connectivity index (χ0n) is 19.3. The van der Waals surface area contributed by atoms with Crippen LogP contribution in [0, 0.1) is 29.6 Å². The van der Waals surface area contributed by atoms with Crippen LogP contribution in [-0.2, 0) is 27.2 Å². The van der Waals surface area contributed by atoms with Crippen LogP contribution in [0.4, 0.5) is 5.00 Å². The molecule has 0 saturated heterocycles. The molecule has 32 heavy (non-hydrogen) atoms. The molecule has 0 radical (unpaired) electrons. The van der Waals surface area contributed by atoms with Crippen molar-refractivity contribution in [3.63, 3.8) is 0 Å². The molecule has 2 fully saturated rings. The van der Waals surface area contributed by atoms with E-state index in [0.717, 1.165) is 60.1 Å². The summed E-state index contributed by atoms with van der Waals surface area (Å²) in [6, 6.07) is 0. The molecule has 2 bridgehead atoms. The van der Waals surface area contributed by atoms with Gasteiger partial charge in [-0.2, -0.15) is 0 Å². The number of aliphatic carboxylic acids is 1. The van der Waals surface area contributed by atoms with Gasteiger partial charge in [-0.15, -0.1) is 11.3 Å². The minimum Gasteiger partial charge on any atom is -0.481 e. The van der Waals surface area contributed by atoms with Gasteiger partial charge in [0, 0.05) is 4.88 Å². The highest BCUT2D eigenvalue weighted by molar-refractivity contribution is 7.17. The van der Waals surface area contributed by atoms with Gasteiger partial charge in [-0.05, 0) is 76.2 Å². The smallest absolute Gasteiger partial charge is 0.341 e. The number of amides is 1. The summed E-state index contributed by atoms with van der Waals surface area (Å²) >= 11 is 1.47. The maximum atomic E-state index is 13.5. The number of fused-ring (bicyclic) bond motifs is 3. The van der Waals surface area contributed by atoms with E-state index >= 15 is 0 Å². The summed E-state index contributed by atoms with van der Waals surface area (Å²) in [6.45, 7) is 8.24. The number of hydrogen-bond acceptors (Lipinski definition) is 5. The molecule has 0 aromatic carbocycles. The number of ether oxygens (including phenoxy) is 1. The summed E-state index contributed by atoms with van der Waals surface area (Å²) in [5.74, 6) is -2.40. The molecular formula is C25H33NO5S. The average molecular weight is 460 g/mol. The van der Waals surface area contributed by atoms with Crippen molar-refractivity contribution < 1.29 is 24.2 Å². The Morgan fingerprint density at radius 2 is 1.78 bits per heavy atom. The van der Waals surface area contributed by atoms with Gasteiger partial charge < -0.3 is 15.2 Å². The molecule has 2 N–H and O–H groups in total. The van der Waals surface area contributed by atoms with Gasteiger partial charge in [-0.1, -0.05) is 24.5 Å². The van der Waals surface area contributed by atoms with Crippen molar-refractivity contribution in [2.75, 3.05) is 11.9 Å². The lowest BCUT2D eigenvalue weighted by Gasteiger charge is -2.26. The summed E-state index contributed by atoms with van der Waals surface area (Å²) in [6.07, 6.45) is 5.50. The number of thiophene rings is 1. The largest absolute Gasteiger partial charge is 0.481 e. The van der Waals surface area contributed by atoms with Gasteiger partial charge in [0.05, 0.1) is 24.0 Å². The van der Waals surface area contributed by atoms with Crippen molar-refractivity contribution in [3.8, 4) is 0 Å². The molecule has 1 aromatic heterocycles. The molecule has 174 valence electrons. The first-order valence-corrected chi connectivity index (χ1v) is 12.6. The standard InChI is InChI=1S/C25H33NO5S/c1-5-13-7-8-14-17(11-13)32-23(21(14)25(30)31-6-2)26-22(27)19-15-9-10-16(18(15)12(3)4)20(19)24(28)29/h13,15-16,19-20H,5-11H2,1-4H3,(H,26,27)(H,28,29)/t13-,15+,16+,19-,20-/m0/s1. The summed E-state index contributed by atoms with van der Waals surface area (Å²) in [5, 5.41) is 13.5. The molecule has 2 saturated carbocycles. The Morgan fingerprint density at radius 3 is 2.38 bits per heavy atom. The topological polar surface area (TPSA) is 92.7 Å². The van der Waals surface area contributed by atoms with Crippen molar-refractivity contribution in [3.05, 3.63) is 27.2 Å². The molecule has 5 atom stereocenters. The van der Waals surface area contributed by atoms with Crippen LogP contribution in [0.2, 0.25) is 0 Å². The number of rotatable bonds is 6. The molecule has 0 unspecified atom stereocenters. The average Bonchev–Trinajstić information content (AvgIpc) is 3.42. The fourth-order valence-electron chi connectivity index (χ4n) is 6.31. The third-order valence-electron chi connectivity index (χ3n) is 7.67. The van der Waals surface area contributed by atoms with Gasteiger partial charge in [0.2, 0.25) is 5.91 Å². The molecule has 0 spiro atoms. The van der Waals surface area contributed by atoms with Crippen LogP contribution in [0.3, 0.4) is 0 Å². The van der Waals surface area contributed by atoms with E-state index in [1.165, 1.54) is 11.3 Å². The van der Waals surface area contributed by atoms with Gasteiger partial charge >= 0.3 is 11.9 Å². The van der Waals surface area contributed by atoms with Crippen molar-refractivity contribution in [2.24, 2.45) is 29.6 Å². The number of hydrogen-bond donors (Lipinski definition) is 2. The van der Waals surface area contributed by atoms with Crippen LogP contribution in [0.5, 0.6) is 0 Å². The molecule has 1 aromatic rings. The molecule has 1 heterocycles. The number of carbonyl (C=O) groups is 3. The maximum absolute atomic E-state index is 13.5. The van der Waals surface area contributed by atoms with E-state index in [0.29, 0.717) is 16.5 Å². The van der Waals surface area contributed by atoms with Crippen LogP contribution in [0.1, 0.15) is 74.2 Å². The highest BCUT2D eigenvalue weighted by Crippen LogP contribution is 2.57. The number of nitrogens with one attached hydrogen (secondary N) is 1. The molecule has 7 heteroatoms. The molecule has 0 aliphatic heterocycles. The van der Waals surface area contributed by atoms with Gasteiger partial charge in [0.25, 0.3) is 0 Å². The Morgan fingerprint density at radius 1 is 1.09 bits per heavy atom. The molecule has 3 aliphatic rings. The van der Waals surface area contributed by atoms with Gasteiger partial charge in [0.15, 0.2) is 0 Å². The van der Waals surface area contributed by atoms with Gasteiger partial charge in [-0.25, -0.2) is 4.79 Å². The van der Waals surface area contributed by atoms with Crippen LogP contribution < -0.4 is 5.32 Å². The third kappa shape index (κ3) is 3.78. The van der Waals surface area contributed by atoms with Crippen LogP contribution in [0.25, 0.3) is 0 Å². The lowest BCUT2D eigenvalue weighted by molar-refractivity contribution is -0.148. The highest BCUT2D eigenvalue weighted by atomic mass is 32.1. The number of anilines is 1. The fourth-order valence-corrected chi connectivity index (χ4v) is 7.66. The second-order valence-corrected chi connectivity index (χ2v) is 10.7. The van der Waals surface area contributed by atoms with E-state index in [1.54, 1.807) is 6.92 Å². The molecular weight excluding hydrogens is 426 g/mol. The number of carbonyl (C=O) groups excluding carboxylic acids is 2. The maximum Gasteiger partial charge on any atom is 0.341 e. The van der Waals surface area contributed by atoms with Crippen LogP contribution in [-0.4, -0.2) is 29.6 Å². The van der Waals surface area contributed by atoms with Crippen molar-refractivity contribution in [1.29, 1.82) is 0 Å². The zero-order valence-corrected chi connectivity index (χ0v) is 20.1. The van der Waals surface area contributed by atoms with E-state index in [4.69, 9.17) is 4.74 Å².